The van der Waals surface area contributed by atoms with Crippen molar-refractivity contribution in [2.45, 2.75) is 6.54 Å². The van der Waals surface area contributed by atoms with Gasteiger partial charge in [-0.25, -0.2) is 4.79 Å². The Morgan fingerprint density at radius 2 is 1.96 bits per heavy atom. The highest BCUT2D eigenvalue weighted by Gasteiger charge is 2.18. The zero-order valence-corrected chi connectivity index (χ0v) is 13.7. The molecule has 2 aromatic heterocycles. The molecule has 0 fully saturated rings. The summed E-state index contributed by atoms with van der Waals surface area (Å²) in [7, 11) is 4.58. The fourth-order valence-corrected chi connectivity index (χ4v) is 2.74. The Morgan fingerprint density at radius 3 is 2.65 bits per heavy atom. The molecule has 7 nitrogen and oxygen atoms in total. The molecule has 0 unspecified atom stereocenters. The first kappa shape index (κ1) is 15.4. The number of imidazole rings is 1. The van der Waals surface area contributed by atoms with Crippen LogP contribution in [0.2, 0.25) is 5.28 Å². The standard InChI is InChI=1S/C15H15ClN4O3/c1-18-12-11(13(21)19(2)15(18)22)20(14(16)17-12)8-9-5-4-6-10(7-9)23-3/h4-7H,8H2,1-3H3. The SMILES string of the molecule is COc1cccc(Cn2c(Cl)nc3c2c(=O)n(C)c(=O)n3C)c1. The van der Waals surface area contributed by atoms with Crippen molar-refractivity contribution in [1.82, 2.24) is 18.7 Å². The summed E-state index contributed by atoms with van der Waals surface area (Å²) >= 11 is 6.20. The monoisotopic (exact) mass is 334 g/mol. The molecule has 0 aliphatic heterocycles. The Labute approximate surface area is 136 Å². The Hall–Kier alpha value is -2.54. The summed E-state index contributed by atoms with van der Waals surface area (Å²) in [6, 6.07) is 7.45. The normalized spacial score (nSPS) is 11.1. The maximum absolute atomic E-state index is 12.5. The maximum atomic E-state index is 12.5. The van der Waals surface area contributed by atoms with Gasteiger partial charge in [0.25, 0.3) is 5.56 Å². The summed E-state index contributed by atoms with van der Waals surface area (Å²) in [6.45, 7) is 0.347. The lowest BCUT2D eigenvalue weighted by molar-refractivity contribution is 0.414. The highest BCUT2D eigenvalue weighted by Crippen LogP contribution is 2.19. The number of aryl methyl sites for hydroxylation is 1. The van der Waals surface area contributed by atoms with E-state index < -0.39 is 11.2 Å². The molecule has 0 aliphatic rings. The molecule has 2 heterocycles. The predicted octanol–water partition coefficient (Wildman–Crippen LogP) is 1.14. The third kappa shape index (κ3) is 2.43. The highest BCUT2D eigenvalue weighted by molar-refractivity contribution is 6.29. The van der Waals surface area contributed by atoms with Crippen molar-refractivity contribution in [1.29, 1.82) is 0 Å². The zero-order valence-electron chi connectivity index (χ0n) is 12.9. The number of benzene rings is 1. The van der Waals surface area contributed by atoms with Crippen LogP contribution in [0.4, 0.5) is 0 Å². The molecular formula is C15H15ClN4O3. The summed E-state index contributed by atoms with van der Waals surface area (Å²) in [5.74, 6) is 0.711. The van der Waals surface area contributed by atoms with Crippen molar-refractivity contribution in [2.75, 3.05) is 7.11 Å². The molecule has 120 valence electrons. The zero-order chi connectivity index (χ0) is 16.7. The molecule has 3 aromatic rings. The number of hydrogen-bond acceptors (Lipinski definition) is 4. The van der Waals surface area contributed by atoms with Crippen LogP contribution in [-0.4, -0.2) is 25.8 Å². The third-order valence-corrected chi connectivity index (χ3v) is 4.06. The molecule has 1 aromatic carbocycles. The van der Waals surface area contributed by atoms with E-state index >= 15 is 0 Å². The molecule has 0 radical (unpaired) electrons. The van der Waals surface area contributed by atoms with E-state index in [1.54, 1.807) is 18.7 Å². The van der Waals surface area contributed by atoms with Gasteiger partial charge in [0.15, 0.2) is 11.2 Å². The second-order valence-electron chi connectivity index (χ2n) is 5.20. The Kier molecular flexibility index (Phi) is 3.73. The Bertz CT molecular complexity index is 1020. The van der Waals surface area contributed by atoms with Gasteiger partial charge in [0.2, 0.25) is 5.28 Å². The summed E-state index contributed by atoms with van der Waals surface area (Å²) in [4.78, 5) is 28.6. The van der Waals surface area contributed by atoms with Gasteiger partial charge in [0.05, 0.1) is 13.7 Å². The van der Waals surface area contributed by atoms with E-state index in [4.69, 9.17) is 16.3 Å². The van der Waals surface area contributed by atoms with Gasteiger partial charge in [-0.3, -0.25) is 13.9 Å². The molecule has 0 atom stereocenters. The predicted molar refractivity (Wildman–Crippen MR) is 87.3 cm³/mol. The second-order valence-corrected chi connectivity index (χ2v) is 5.53. The van der Waals surface area contributed by atoms with Gasteiger partial charge in [-0.15, -0.1) is 0 Å². The fraction of sp³-hybridized carbons (Fsp3) is 0.267. The lowest BCUT2D eigenvalue weighted by atomic mass is 10.2. The lowest BCUT2D eigenvalue weighted by Gasteiger charge is -2.08. The van der Waals surface area contributed by atoms with Crippen LogP contribution < -0.4 is 16.0 Å². The molecule has 0 bridgehead atoms. The van der Waals surface area contributed by atoms with E-state index in [0.29, 0.717) is 17.8 Å². The number of halogens is 1. The minimum absolute atomic E-state index is 0.154. The molecule has 23 heavy (non-hydrogen) atoms. The van der Waals surface area contributed by atoms with Crippen molar-refractivity contribution in [3.63, 3.8) is 0 Å². The highest BCUT2D eigenvalue weighted by atomic mass is 35.5. The van der Waals surface area contributed by atoms with E-state index in [9.17, 15) is 9.59 Å². The molecule has 3 rings (SSSR count). The van der Waals surface area contributed by atoms with Crippen LogP contribution in [0.3, 0.4) is 0 Å². The van der Waals surface area contributed by atoms with E-state index in [-0.39, 0.29) is 10.9 Å². The first-order valence-corrected chi connectivity index (χ1v) is 7.26. The van der Waals surface area contributed by atoms with Gasteiger partial charge >= 0.3 is 5.69 Å². The first-order chi connectivity index (χ1) is 10.9. The number of ether oxygens (including phenoxy) is 1. The minimum Gasteiger partial charge on any atom is -0.497 e. The maximum Gasteiger partial charge on any atom is 0.332 e. The van der Waals surface area contributed by atoms with Gasteiger partial charge in [-0.05, 0) is 29.3 Å². The van der Waals surface area contributed by atoms with Crippen LogP contribution in [0.15, 0.2) is 33.9 Å². The number of fused-ring (bicyclic) bond motifs is 1. The molecule has 0 saturated heterocycles. The molecule has 0 spiro atoms. The quantitative estimate of drug-likeness (QED) is 0.674. The van der Waals surface area contributed by atoms with Crippen LogP contribution in [0.1, 0.15) is 5.56 Å². The second kappa shape index (κ2) is 5.58. The van der Waals surface area contributed by atoms with Crippen LogP contribution in [0.25, 0.3) is 11.2 Å². The van der Waals surface area contributed by atoms with E-state index in [1.165, 1.54) is 11.6 Å². The molecular weight excluding hydrogens is 320 g/mol. The number of hydrogen-bond donors (Lipinski definition) is 0. The van der Waals surface area contributed by atoms with Crippen molar-refractivity contribution in [3.05, 3.63) is 56.0 Å². The number of rotatable bonds is 3. The largest absolute Gasteiger partial charge is 0.497 e. The average molecular weight is 335 g/mol. The smallest absolute Gasteiger partial charge is 0.332 e. The van der Waals surface area contributed by atoms with E-state index in [0.717, 1.165) is 10.1 Å². The van der Waals surface area contributed by atoms with Gasteiger partial charge in [0.1, 0.15) is 5.75 Å². The minimum atomic E-state index is -0.440. The number of methoxy groups -OCH3 is 1. The summed E-state index contributed by atoms with van der Waals surface area (Å²) in [5, 5.41) is 0.154. The number of nitrogens with zero attached hydrogens (tertiary/aromatic N) is 4. The number of aromatic nitrogens is 4. The molecule has 0 N–H and O–H groups in total. The van der Waals surface area contributed by atoms with Crippen LogP contribution in [0.5, 0.6) is 5.75 Å². The molecule has 8 heteroatoms. The van der Waals surface area contributed by atoms with Crippen LogP contribution in [-0.2, 0) is 20.6 Å². The van der Waals surface area contributed by atoms with Crippen molar-refractivity contribution < 1.29 is 4.74 Å². The fourth-order valence-electron chi connectivity index (χ4n) is 2.52. The summed E-state index contributed by atoms with van der Waals surface area (Å²) < 4.78 is 9.15. The van der Waals surface area contributed by atoms with E-state index in [2.05, 4.69) is 4.98 Å². The van der Waals surface area contributed by atoms with Gasteiger partial charge in [-0.2, -0.15) is 4.98 Å². The Morgan fingerprint density at radius 1 is 1.22 bits per heavy atom. The molecule has 0 saturated carbocycles. The lowest BCUT2D eigenvalue weighted by Crippen LogP contribution is -2.37. The van der Waals surface area contributed by atoms with Crippen molar-refractivity contribution in [2.24, 2.45) is 14.1 Å². The topological polar surface area (TPSA) is 71.1 Å². The van der Waals surface area contributed by atoms with E-state index in [1.807, 2.05) is 24.3 Å². The third-order valence-electron chi connectivity index (χ3n) is 3.78. The van der Waals surface area contributed by atoms with Gasteiger partial charge in [0, 0.05) is 14.1 Å². The van der Waals surface area contributed by atoms with Crippen molar-refractivity contribution >= 4 is 22.8 Å². The average Bonchev–Trinajstić information content (AvgIpc) is 2.88. The van der Waals surface area contributed by atoms with Gasteiger partial charge in [-0.1, -0.05) is 12.1 Å². The molecule has 0 aliphatic carbocycles. The Balaban J connectivity index is 2.24. The summed E-state index contributed by atoms with van der Waals surface area (Å²) in [5.41, 5.74) is 0.602. The van der Waals surface area contributed by atoms with Crippen LogP contribution >= 0.6 is 11.6 Å². The first-order valence-electron chi connectivity index (χ1n) is 6.88. The van der Waals surface area contributed by atoms with Gasteiger partial charge < -0.3 is 9.30 Å². The van der Waals surface area contributed by atoms with Crippen LogP contribution in [0, 0.1) is 0 Å². The molecule has 0 amide bonds. The summed E-state index contributed by atoms with van der Waals surface area (Å²) in [6.07, 6.45) is 0. The van der Waals surface area contributed by atoms with Crippen molar-refractivity contribution in [3.8, 4) is 5.75 Å².